The van der Waals surface area contributed by atoms with Crippen molar-refractivity contribution >= 4 is 68.7 Å². The molecule has 3 aliphatic rings. The van der Waals surface area contributed by atoms with Gasteiger partial charge in [0.15, 0.2) is 0 Å². The Morgan fingerprint density at radius 3 is 1.06 bits per heavy atom. The van der Waals surface area contributed by atoms with Crippen molar-refractivity contribution in [3.05, 3.63) is 0 Å². The van der Waals surface area contributed by atoms with Crippen molar-refractivity contribution < 1.29 is 13.7 Å². The maximum absolute atomic E-state index is 12.2. The van der Waals surface area contributed by atoms with E-state index < -0.39 is 25.9 Å². The molecule has 0 aliphatic carbocycles. The molecule has 32 heavy (non-hydrogen) atoms. The number of rotatable bonds is 2. The van der Waals surface area contributed by atoms with Crippen LogP contribution in [-0.4, -0.2) is 125 Å². The summed E-state index contributed by atoms with van der Waals surface area (Å²) in [6.45, 7) is 6.94. The van der Waals surface area contributed by atoms with Crippen LogP contribution in [0.25, 0.3) is 0 Å². The lowest BCUT2D eigenvalue weighted by atomic mass is 10.6. The first-order chi connectivity index (χ1) is 14.5. The highest BCUT2D eigenvalue weighted by Crippen LogP contribution is 2.70. The molecular weight excluding hydrogens is 559 g/mol. The minimum atomic E-state index is -2.97. The molecule has 3 heterocycles. The van der Waals surface area contributed by atoms with Gasteiger partial charge < -0.3 is 0 Å². The molecule has 9 nitrogen and oxygen atoms in total. The molecule has 0 amide bonds. The Balaban J connectivity index is 0.000000241. The van der Waals surface area contributed by atoms with Gasteiger partial charge in [-0.05, 0) is 42.3 Å². The van der Waals surface area contributed by atoms with Crippen LogP contribution in [-0.2, 0) is 13.7 Å². The molecule has 3 fully saturated rings. The fraction of sp³-hybridized carbons (Fsp3) is 1.00. The predicted octanol–water partition coefficient (Wildman–Crippen LogP) is 4.71. The lowest BCUT2D eigenvalue weighted by Gasteiger charge is -2.30. The third-order valence-electron chi connectivity index (χ3n) is 6.20. The van der Waals surface area contributed by atoms with Crippen molar-refractivity contribution in [3.63, 3.8) is 0 Å². The van der Waals surface area contributed by atoms with Gasteiger partial charge in [-0.25, -0.2) is 28.0 Å². The number of nitrogens with zero attached hydrogens (tertiary/aromatic N) is 6. The highest BCUT2D eigenvalue weighted by Gasteiger charge is 2.53. The zero-order chi connectivity index (χ0) is 25.1. The van der Waals surface area contributed by atoms with Gasteiger partial charge in [0.25, 0.3) is 11.0 Å². The highest BCUT2D eigenvalue weighted by atomic mass is 35.6. The van der Waals surface area contributed by atoms with Gasteiger partial charge in [0.05, 0.1) is 0 Å². The van der Waals surface area contributed by atoms with E-state index in [1.807, 2.05) is 53.8 Å². The average molecular weight is 596 g/mol. The lowest BCUT2D eigenvalue weighted by Crippen LogP contribution is -2.23. The fourth-order valence-electron chi connectivity index (χ4n) is 3.60. The van der Waals surface area contributed by atoms with E-state index in [2.05, 4.69) is 0 Å². The number of alkyl halides is 4. The SMILES string of the molecule is CCP1(=O)N(C)CCN1C.CN1CCN(C)P1(=O)C(Cl)(Cl)Cl.CN1CCN(C)P1(=O)CCl. The van der Waals surface area contributed by atoms with E-state index in [9.17, 15) is 13.7 Å². The fourth-order valence-corrected chi connectivity index (χ4v) is 13.0. The van der Waals surface area contributed by atoms with Crippen LogP contribution in [0.1, 0.15) is 6.92 Å². The van der Waals surface area contributed by atoms with Gasteiger partial charge in [-0.1, -0.05) is 41.7 Å². The maximum Gasteiger partial charge on any atom is 0.269 e. The summed E-state index contributed by atoms with van der Waals surface area (Å²) in [5.41, 5.74) is 0.236. The van der Waals surface area contributed by atoms with E-state index in [1.165, 1.54) is 0 Å². The third kappa shape index (κ3) is 6.48. The molecule has 0 unspecified atom stereocenters. The van der Waals surface area contributed by atoms with Crippen molar-refractivity contribution in [2.45, 2.75) is 10.5 Å². The summed E-state index contributed by atoms with van der Waals surface area (Å²) in [5, 5.41) is 0. The molecule has 0 aromatic heterocycles. The first-order valence-electron chi connectivity index (χ1n) is 10.2. The third-order valence-corrected chi connectivity index (χ3v) is 18.2. The Hall–Kier alpha value is 1.61. The Bertz CT molecular complexity index is 694. The Kier molecular flexibility index (Phi) is 12.1. The number of hydrogen-bond acceptors (Lipinski definition) is 3. The van der Waals surface area contributed by atoms with Gasteiger partial charge in [-0.2, -0.15) is 0 Å². The molecule has 0 N–H and O–H groups in total. The van der Waals surface area contributed by atoms with Crippen LogP contribution >= 0.6 is 68.7 Å². The first-order valence-corrected chi connectivity index (χ1v) is 17.1. The Labute approximate surface area is 213 Å². The average Bonchev–Trinajstić information content (AvgIpc) is 3.27. The monoisotopic (exact) mass is 594 g/mol. The van der Waals surface area contributed by atoms with Gasteiger partial charge >= 0.3 is 0 Å². The van der Waals surface area contributed by atoms with Gasteiger partial charge in [-0.3, -0.25) is 13.7 Å². The quantitative estimate of drug-likeness (QED) is 0.333. The molecule has 192 valence electrons. The second-order valence-corrected chi connectivity index (χ2v) is 21.2. The molecule has 0 atom stereocenters. The van der Waals surface area contributed by atoms with Gasteiger partial charge in [0, 0.05) is 45.4 Å². The zero-order valence-electron chi connectivity index (χ0n) is 19.9. The second-order valence-electron chi connectivity index (χ2n) is 8.06. The molecule has 0 aromatic rings. The molecule has 0 spiro atoms. The van der Waals surface area contributed by atoms with E-state index in [-0.39, 0.29) is 5.62 Å². The van der Waals surface area contributed by atoms with Crippen molar-refractivity contribution in [2.24, 2.45) is 0 Å². The van der Waals surface area contributed by atoms with Gasteiger partial charge in [-0.15, -0.1) is 11.6 Å². The van der Waals surface area contributed by atoms with Gasteiger partial charge in [0.2, 0.25) is 14.9 Å². The van der Waals surface area contributed by atoms with Crippen molar-refractivity contribution in [2.75, 3.05) is 93.3 Å². The number of likely N-dealkylation sites (N-methyl/N-ethyl adjacent to an activating group) is 6. The zero-order valence-corrected chi connectivity index (χ0v) is 25.6. The Morgan fingerprint density at radius 2 is 0.906 bits per heavy atom. The minimum Gasteiger partial charge on any atom is -0.289 e. The molecule has 0 radical (unpaired) electrons. The summed E-state index contributed by atoms with van der Waals surface area (Å²) >= 11 is 22.6. The summed E-state index contributed by atoms with van der Waals surface area (Å²) in [7, 11) is 3.65. The largest absolute Gasteiger partial charge is 0.289 e. The van der Waals surface area contributed by atoms with Crippen LogP contribution in [0.5, 0.6) is 0 Å². The number of hydrogen-bond donors (Lipinski definition) is 0. The van der Waals surface area contributed by atoms with E-state index in [1.54, 1.807) is 23.4 Å². The van der Waals surface area contributed by atoms with Crippen LogP contribution in [0.15, 0.2) is 0 Å². The van der Waals surface area contributed by atoms with Crippen LogP contribution in [0, 0.1) is 0 Å². The van der Waals surface area contributed by atoms with E-state index >= 15 is 0 Å². The summed E-state index contributed by atoms with van der Waals surface area (Å²) in [4.78, 5) is 0. The minimum absolute atomic E-state index is 0.236. The smallest absolute Gasteiger partial charge is 0.269 e. The van der Waals surface area contributed by atoms with E-state index in [0.29, 0.717) is 13.1 Å². The van der Waals surface area contributed by atoms with Crippen molar-refractivity contribution in [3.8, 4) is 0 Å². The summed E-state index contributed by atoms with van der Waals surface area (Å²) < 4.78 is 45.0. The molecule has 3 rings (SSSR count). The predicted molar refractivity (Wildman–Crippen MR) is 140 cm³/mol. The van der Waals surface area contributed by atoms with Crippen molar-refractivity contribution in [1.82, 2.24) is 28.0 Å². The summed E-state index contributed by atoms with van der Waals surface area (Å²) in [6, 6.07) is 0. The summed E-state index contributed by atoms with van der Waals surface area (Å²) in [5.74, 6) is 0. The maximum atomic E-state index is 12.2. The molecular formula is C16H37Cl4N6O3P3. The first kappa shape index (κ1) is 31.6. The molecule has 16 heteroatoms. The Morgan fingerprint density at radius 1 is 0.625 bits per heavy atom. The molecule has 3 saturated heterocycles. The highest BCUT2D eigenvalue weighted by molar-refractivity contribution is 7.67. The molecule has 0 bridgehead atoms. The normalized spacial score (nSPS) is 27.1. The van der Waals surface area contributed by atoms with Crippen LogP contribution in [0.3, 0.4) is 0 Å². The van der Waals surface area contributed by atoms with Crippen molar-refractivity contribution in [1.29, 1.82) is 0 Å². The lowest BCUT2D eigenvalue weighted by molar-refractivity contribution is 0.489. The number of halogens is 4. The summed E-state index contributed by atoms with van der Waals surface area (Å²) in [6.07, 6.45) is 0.764. The molecule has 0 saturated carbocycles. The van der Waals surface area contributed by atoms with Gasteiger partial charge in [0.1, 0.15) is 5.62 Å². The van der Waals surface area contributed by atoms with E-state index in [4.69, 9.17) is 46.4 Å². The van der Waals surface area contributed by atoms with E-state index in [0.717, 1.165) is 32.3 Å². The van der Waals surface area contributed by atoms with Crippen LogP contribution in [0.4, 0.5) is 0 Å². The topological polar surface area (TPSA) is 70.7 Å². The second kappa shape index (κ2) is 12.2. The van der Waals surface area contributed by atoms with Crippen LogP contribution < -0.4 is 0 Å². The molecule has 3 aliphatic heterocycles. The van der Waals surface area contributed by atoms with Crippen LogP contribution in [0.2, 0.25) is 0 Å². The standard InChI is InChI=1S/C6H15N2OP.C5H10Cl3N2OP.C5H12ClN2OP/c1-4-10(9)7(2)5-6-8(10)3;1-9-3-4-10(2)12(9,11)5(6,7)8;1-7-3-4-8(2)10(7,9)5-6/h4-6H2,1-3H3;3-4H2,1-2H3;3-5H2,1-2H3. The molecule has 0 aromatic carbocycles.